The molecule has 4 N–H and O–H groups in total. The zero-order chi connectivity index (χ0) is 19.6. The molecule has 0 aromatic heterocycles. The average molecular weight is 374 g/mol. The van der Waals surface area contributed by atoms with Gasteiger partial charge in [-0.15, -0.1) is 0 Å². The molecule has 6 nitrogen and oxygen atoms in total. The lowest BCUT2D eigenvalue weighted by molar-refractivity contribution is -0.231. The summed E-state index contributed by atoms with van der Waals surface area (Å²) in [6.45, 7) is 1.58. The van der Waals surface area contributed by atoms with Crippen LogP contribution in [-0.2, 0) is 11.2 Å². The third-order valence-corrected chi connectivity index (χ3v) is 5.04. The first-order valence-corrected chi connectivity index (χ1v) is 8.97. The molecule has 1 heterocycles. The topological polar surface area (TPSA) is 99.4 Å². The summed E-state index contributed by atoms with van der Waals surface area (Å²) in [5.41, 5.74) is 3.86. The van der Waals surface area contributed by atoms with Crippen molar-refractivity contribution in [3.05, 3.63) is 64.7 Å². The fraction of sp³-hybridized carbons (Fsp3) is 0.429. The van der Waals surface area contributed by atoms with Gasteiger partial charge in [0.15, 0.2) is 0 Å². The highest BCUT2D eigenvalue weighted by molar-refractivity contribution is 5.42. The van der Waals surface area contributed by atoms with Gasteiger partial charge in [-0.1, -0.05) is 35.9 Å². The Morgan fingerprint density at radius 3 is 2.30 bits per heavy atom. The molecule has 2 aromatic carbocycles. The van der Waals surface area contributed by atoms with Gasteiger partial charge in [0.2, 0.25) is 0 Å². The fourth-order valence-electron chi connectivity index (χ4n) is 3.42. The SMILES string of the molecule is COc1ccc(C2OC(CO)C(O)C(O)C2O)cc1Cc1ccc(C)cc1. The Balaban J connectivity index is 1.91. The number of hydrogen-bond acceptors (Lipinski definition) is 6. The average Bonchev–Trinajstić information content (AvgIpc) is 2.68. The maximum atomic E-state index is 10.4. The lowest BCUT2D eigenvalue weighted by atomic mass is 9.90. The first-order chi connectivity index (χ1) is 12.9. The van der Waals surface area contributed by atoms with Crippen molar-refractivity contribution in [1.29, 1.82) is 0 Å². The van der Waals surface area contributed by atoms with E-state index in [1.54, 1.807) is 19.2 Å². The summed E-state index contributed by atoms with van der Waals surface area (Å²) < 4.78 is 11.1. The molecular weight excluding hydrogens is 348 g/mol. The highest BCUT2D eigenvalue weighted by atomic mass is 16.5. The molecule has 5 atom stereocenters. The van der Waals surface area contributed by atoms with Crippen LogP contribution in [0.3, 0.4) is 0 Å². The lowest BCUT2D eigenvalue weighted by Crippen LogP contribution is -2.55. The smallest absolute Gasteiger partial charge is 0.122 e. The van der Waals surface area contributed by atoms with Crippen molar-refractivity contribution in [2.24, 2.45) is 0 Å². The number of aliphatic hydroxyl groups is 4. The Labute approximate surface area is 158 Å². The Morgan fingerprint density at radius 2 is 1.67 bits per heavy atom. The first kappa shape index (κ1) is 19.8. The van der Waals surface area contributed by atoms with E-state index in [0.717, 1.165) is 11.1 Å². The summed E-state index contributed by atoms with van der Waals surface area (Å²) in [4.78, 5) is 0. The molecule has 27 heavy (non-hydrogen) atoms. The van der Waals surface area contributed by atoms with Crippen molar-refractivity contribution in [3.8, 4) is 5.75 Å². The van der Waals surface area contributed by atoms with Gasteiger partial charge in [-0.3, -0.25) is 0 Å². The van der Waals surface area contributed by atoms with E-state index in [1.807, 2.05) is 25.1 Å². The van der Waals surface area contributed by atoms with Crippen molar-refractivity contribution in [1.82, 2.24) is 0 Å². The van der Waals surface area contributed by atoms with Gasteiger partial charge in [-0.25, -0.2) is 0 Å². The second-order valence-corrected chi connectivity index (χ2v) is 6.98. The van der Waals surface area contributed by atoms with Crippen molar-refractivity contribution >= 4 is 0 Å². The normalized spacial score (nSPS) is 28.1. The predicted octanol–water partition coefficient (Wildman–Crippen LogP) is 1.11. The summed E-state index contributed by atoms with van der Waals surface area (Å²) in [6, 6.07) is 13.6. The van der Waals surface area contributed by atoms with E-state index >= 15 is 0 Å². The minimum atomic E-state index is -1.40. The van der Waals surface area contributed by atoms with Crippen LogP contribution >= 0.6 is 0 Å². The Hall–Kier alpha value is -1.96. The van der Waals surface area contributed by atoms with E-state index in [2.05, 4.69) is 12.1 Å². The van der Waals surface area contributed by atoms with Gasteiger partial charge in [-0.05, 0) is 35.7 Å². The van der Waals surface area contributed by atoms with E-state index in [4.69, 9.17) is 9.47 Å². The number of aryl methyl sites for hydroxylation is 1. The molecule has 3 rings (SSSR count). The second kappa shape index (κ2) is 8.37. The van der Waals surface area contributed by atoms with Crippen LogP contribution < -0.4 is 4.74 Å². The summed E-state index contributed by atoms with van der Waals surface area (Å²) >= 11 is 0. The van der Waals surface area contributed by atoms with Crippen LogP contribution in [0.1, 0.15) is 28.4 Å². The van der Waals surface area contributed by atoms with Gasteiger partial charge in [0.25, 0.3) is 0 Å². The zero-order valence-electron chi connectivity index (χ0n) is 15.4. The highest BCUT2D eigenvalue weighted by Gasteiger charge is 2.44. The fourth-order valence-corrected chi connectivity index (χ4v) is 3.42. The predicted molar refractivity (Wildman–Crippen MR) is 99.7 cm³/mol. The Morgan fingerprint density at radius 1 is 0.963 bits per heavy atom. The van der Waals surface area contributed by atoms with Gasteiger partial charge in [-0.2, -0.15) is 0 Å². The third kappa shape index (κ3) is 4.15. The molecule has 1 fully saturated rings. The monoisotopic (exact) mass is 374 g/mol. The summed E-state index contributed by atoms with van der Waals surface area (Å²) in [7, 11) is 1.60. The molecule has 0 bridgehead atoms. The van der Waals surface area contributed by atoms with Gasteiger partial charge < -0.3 is 29.9 Å². The van der Waals surface area contributed by atoms with Crippen LogP contribution in [-0.4, -0.2) is 58.6 Å². The maximum Gasteiger partial charge on any atom is 0.122 e. The van der Waals surface area contributed by atoms with Crippen molar-refractivity contribution in [3.63, 3.8) is 0 Å². The number of aliphatic hydroxyl groups excluding tert-OH is 4. The van der Waals surface area contributed by atoms with Crippen LogP contribution in [0.5, 0.6) is 5.75 Å². The summed E-state index contributed by atoms with van der Waals surface area (Å²) in [5.74, 6) is 0.712. The molecule has 0 saturated carbocycles. The van der Waals surface area contributed by atoms with Crippen LogP contribution in [0.2, 0.25) is 0 Å². The molecule has 1 aliphatic heterocycles. The van der Waals surface area contributed by atoms with Gasteiger partial charge in [0.05, 0.1) is 13.7 Å². The van der Waals surface area contributed by atoms with Crippen LogP contribution in [0.4, 0.5) is 0 Å². The molecule has 6 heteroatoms. The van der Waals surface area contributed by atoms with Crippen LogP contribution in [0.15, 0.2) is 42.5 Å². The summed E-state index contributed by atoms with van der Waals surface area (Å²) in [6.07, 6.45) is -5.23. The number of methoxy groups -OCH3 is 1. The molecule has 2 aromatic rings. The van der Waals surface area contributed by atoms with E-state index in [1.165, 1.54) is 5.56 Å². The number of hydrogen-bond donors (Lipinski definition) is 4. The molecule has 0 amide bonds. The van der Waals surface area contributed by atoms with Crippen molar-refractivity contribution in [2.75, 3.05) is 13.7 Å². The van der Waals surface area contributed by atoms with Gasteiger partial charge in [0, 0.05) is 6.42 Å². The lowest BCUT2D eigenvalue weighted by Gasteiger charge is -2.40. The summed E-state index contributed by atoms with van der Waals surface area (Å²) in [5, 5.41) is 39.8. The largest absolute Gasteiger partial charge is 0.496 e. The van der Waals surface area contributed by atoms with Crippen molar-refractivity contribution < 1.29 is 29.9 Å². The quantitative estimate of drug-likeness (QED) is 0.626. The number of rotatable bonds is 5. The minimum absolute atomic E-state index is 0.451. The van der Waals surface area contributed by atoms with E-state index in [9.17, 15) is 20.4 Å². The zero-order valence-corrected chi connectivity index (χ0v) is 15.4. The minimum Gasteiger partial charge on any atom is -0.496 e. The molecule has 1 saturated heterocycles. The molecule has 146 valence electrons. The standard InChI is InChI=1S/C21H26O6/c1-12-3-5-13(6-4-12)9-15-10-14(7-8-16(15)26-2)21-20(25)19(24)18(23)17(11-22)27-21/h3-8,10,17-25H,9,11H2,1-2H3. The van der Waals surface area contributed by atoms with Crippen LogP contribution in [0, 0.1) is 6.92 Å². The Kier molecular flexibility index (Phi) is 6.14. The molecular formula is C21H26O6. The molecule has 5 unspecified atom stereocenters. The van der Waals surface area contributed by atoms with Crippen LogP contribution in [0.25, 0.3) is 0 Å². The van der Waals surface area contributed by atoms with E-state index in [-0.39, 0.29) is 0 Å². The molecule has 0 spiro atoms. The molecule has 0 radical (unpaired) electrons. The molecule has 0 aliphatic carbocycles. The third-order valence-electron chi connectivity index (χ3n) is 5.04. The van der Waals surface area contributed by atoms with Gasteiger partial charge >= 0.3 is 0 Å². The second-order valence-electron chi connectivity index (χ2n) is 6.98. The maximum absolute atomic E-state index is 10.4. The Bertz CT molecular complexity index is 758. The highest BCUT2D eigenvalue weighted by Crippen LogP contribution is 2.35. The van der Waals surface area contributed by atoms with E-state index < -0.39 is 37.1 Å². The van der Waals surface area contributed by atoms with Gasteiger partial charge in [0.1, 0.15) is 36.3 Å². The van der Waals surface area contributed by atoms with E-state index in [0.29, 0.717) is 17.7 Å². The number of ether oxygens (including phenoxy) is 2. The molecule has 1 aliphatic rings. The number of benzene rings is 2. The first-order valence-electron chi connectivity index (χ1n) is 8.97. The van der Waals surface area contributed by atoms with Crippen molar-refractivity contribution in [2.45, 2.75) is 43.9 Å².